The Kier molecular flexibility index (Phi) is 4.17. The van der Waals surface area contributed by atoms with E-state index in [0.717, 1.165) is 6.08 Å². The minimum absolute atomic E-state index is 0.0505. The van der Waals surface area contributed by atoms with Crippen molar-refractivity contribution in [1.29, 1.82) is 0 Å². The Morgan fingerprint density at radius 2 is 1.45 bits per heavy atom. The Bertz CT molecular complexity index is 632. The summed E-state index contributed by atoms with van der Waals surface area (Å²) in [6.07, 6.45) is -4.26. The number of rotatable bonds is 2. The quantitative estimate of drug-likeness (QED) is 0.598. The van der Waals surface area contributed by atoms with Crippen LogP contribution in [0.4, 0.5) is 30.7 Å². The van der Waals surface area contributed by atoms with Gasteiger partial charge < -0.3 is 4.74 Å². The largest absolute Gasteiger partial charge is 0.455 e. The number of ketones is 1. The molecule has 0 amide bonds. The summed E-state index contributed by atoms with van der Waals surface area (Å²) in [7, 11) is 0. The van der Waals surface area contributed by atoms with Crippen LogP contribution >= 0.6 is 0 Å². The predicted molar refractivity (Wildman–Crippen MR) is 58.8 cm³/mol. The van der Waals surface area contributed by atoms with E-state index in [9.17, 15) is 35.5 Å². The van der Waals surface area contributed by atoms with Gasteiger partial charge in [0.2, 0.25) is 17.4 Å². The van der Waals surface area contributed by atoms with Crippen molar-refractivity contribution < 1.29 is 40.3 Å². The fourth-order valence-electron chi connectivity index (χ4n) is 1.92. The Balaban J connectivity index is 2.53. The number of hydrogen-bond donors (Lipinski definition) is 0. The molecule has 2 rings (SSSR count). The number of carbonyl (C=O) groups is 1. The summed E-state index contributed by atoms with van der Waals surface area (Å²) in [5, 5.41) is 0. The van der Waals surface area contributed by atoms with E-state index in [0.29, 0.717) is 0 Å². The zero-order valence-electron chi connectivity index (χ0n) is 10.7. The molecule has 22 heavy (non-hydrogen) atoms. The van der Waals surface area contributed by atoms with Crippen LogP contribution in [0.1, 0.15) is 24.8 Å². The van der Waals surface area contributed by atoms with Crippen molar-refractivity contribution >= 4 is 5.78 Å². The molecule has 0 N–H and O–H groups in total. The first-order valence-electron chi connectivity index (χ1n) is 5.97. The van der Waals surface area contributed by atoms with Crippen LogP contribution in [0.15, 0.2) is 11.8 Å². The van der Waals surface area contributed by atoms with Crippen molar-refractivity contribution in [3.63, 3.8) is 0 Å². The van der Waals surface area contributed by atoms with E-state index in [4.69, 9.17) is 0 Å². The standard InChI is InChI=1S/C13H7F7O2/c14-8-7(13(18,19)20)9(15)11(17)12(10(8)16)22-6-3-1-2-5(21)4-6/h4H,1-3H2. The Morgan fingerprint density at radius 3 is 1.91 bits per heavy atom. The van der Waals surface area contributed by atoms with Gasteiger partial charge in [-0.2, -0.15) is 22.0 Å². The van der Waals surface area contributed by atoms with Crippen LogP contribution < -0.4 is 4.74 Å². The van der Waals surface area contributed by atoms with Crippen LogP contribution in [-0.4, -0.2) is 5.78 Å². The Labute approximate surface area is 119 Å². The molecule has 0 spiro atoms. The smallest absolute Gasteiger partial charge is 0.422 e. The molecule has 2 nitrogen and oxygen atoms in total. The van der Waals surface area contributed by atoms with Crippen molar-refractivity contribution in [2.24, 2.45) is 0 Å². The summed E-state index contributed by atoms with van der Waals surface area (Å²) in [4.78, 5) is 11.1. The fourth-order valence-corrected chi connectivity index (χ4v) is 1.92. The van der Waals surface area contributed by atoms with Crippen LogP contribution in [0, 0.1) is 23.3 Å². The highest BCUT2D eigenvalue weighted by Gasteiger charge is 2.43. The maximum absolute atomic E-state index is 13.6. The number of hydrogen-bond acceptors (Lipinski definition) is 2. The zero-order chi connectivity index (χ0) is 16.7. The van der Waals surface area contributed by atoms with Gasteiger partial charge in [-0.05, 0) is 6.42 Å². The van der Waals surface area contributed by atoms with E-state index >= 15 is 0 Å². The molecule has 0 bridgehead atoms. The fraction of sp³-hybridized carbons (Fsp3) is 0.308. The van der Waals surface area contributed by atoms with E-state index in [2.05, 4.69) is 4.74 Å². The number of ether oxygens (including phenoxy) is 1. The number of halogens is 7. The zero-order valence-corrected chi connectivity index (χ0v) is 10.7. The van der Waals surface area contributed by atoms with Crippen molar-refractivity contribution in [2.45, 2.75) is 25.4 Å². The molecule has 9 heteroatoms. The van der Waals surface area contributed by atoms with Crippen LogP contribution in [0.3, 0.4) is 0 Å². The second-order valence-electron chi connectivity index (χ2n) is 4.49. The Hall–Kier alpha value is -2.06. The van der Waals surface area contributed by atoms with Crippen LogP contribution in [0.25, 0.3) is 0 Å². The summed E-state index contributed by atoms with van der Waals surface area (Å²) in [6, 6.07) is 0. The Morgan fingerprint density at radius 1 is 0.909 bits per heavy atom. The molecule has 1 aliphatic carbocycles. The average Bonchev–Trinajstić information content (AvgIpc) is 2.40. The second-order valence-corrected chi connectivity index (χ2v) is 4.49. The highest BCUT2D eigenvalue weighted by Crippen LogP contribution is 2.40. The van der Waals surface area contributed by atoms with Gasteiger partial charge in [0.05, 0.1) is 0 Å². The molecule has 120 valence electrons. The molecular weight excluding hydrogens is 321 g/mol. The normalized spacial score (nSPS) is 15.8. The van der Waals surface area contributed by atoms with Crippen molar-refractivity contribution in [1.82, 2.24) is 0 Å². The van der Waals surface area contributed by atoms with Crippen molar-refractivity contribution in [2.75, 3.05) is 0 Å². The molecule has 0 heterocycles. The van der Waals surface area contributed by atoms with Gasteiger partial charge in [-0.15, -0.1) is 0 Å². The summed E-state index contributed by atoms with van der Waals surface area (Å²) >= 11 is 0. The van der Waals surface area contributed by atoms with Gasteiger partial charge >= 0.3 is 6.18 Å². The molecule has 0 saturated heterocycles. The van der Waals surface area contributed by atoms with Crippen molar-refractivity contribution in [3.8, 4) is 5.75 Å². The third-order valence-electron chi connectivity index (χ3n) is 2.91. The van der Waals surface area contributed by atoms with Gasteiger partial charge in [-0.1, -0.05) is 0 Å². The molecular formula is C13H7F7O2. The van der Waals surface area contributed by atoms with Gasteiger partial charge in [0.25, 0.3) is 0 Å². The molecule has 1 aliphatic rings. The van der Waals surface area contributed by atoms with Gasteiger partial charge in [-0.3, -0.25) is 4.79 Å². The van der Waals surface area contributed by atoms with Gasteiger partial charge in [0.15, 0.2) is 17.4 Å². The third-order valence-corrected chi connectivity index (χ3v) is 2.91. The maximum Gasteiger partial charge on any atom is 0.422 e. The monoisotopic (exact) mass is 328 g/mol. The lowest BCUT2D eigenvalue weighted by Gasteiger charge is -2.17. The third kappa shape index (κ3) is 2.93. The maximum atomic E-state index is 13.6. The van der Waals surface area contributed by atoms with E-state index in [1.807, 2.05) is 0 Å². The summed E-state index contributed by atoms with van der Waals surface area (Å²) in [5.41, 5.74) is -2.68. The average molecular weight is 328 g/mol. The first kappa shape index (κ1) is 16.3. The first-order valence-corrected chi connectivity index (χ1v) is 5.97. The van der Waals surface area contributed by atoms with Gasteiger partial charge in [-0.25, -0.2) is 8.78 Å². The molecule has 1 aromatic carbocycles. The molecule has 0 unspecified atom stereocenters. The molecule has 0 atom stereocenters. The summed E-state index contributed by atoms with van der Waals surface area (Å²) < 4.78 is 95.6. The van der Waals surface area contributed by atoms with E-state index in [1.165, 1.54) is 0 Å². The van der Waals surface area contributed by atoms with Crippen LogP contribution in [-0.2, 0) is 11.0 Å². The number of allylic oxidation sites excluding steroid dienone is 2. The molecule has 0 aromatic heterocycles. The van der Waals surface area contributed by atoms with Gasteiger partial charge in [0, 0.05) is 18.9 Å². The second kappa shape index (κ2) is 5.62. The minimum Gasteiger partial charge on any atom is -0.455 e. The number of alkyl halides is 3. The van der Waals surface area contributed by atoms with Crippen LogP contribution in [0.2, 0.25) is 0 Å². The minimum atomic E-state index is -5.62. The topological polar surface area (TPSA) is 26.3 Å². The molecule has 0 saturated carbocycles. The van der Waals surface area contributed by atoms with E-state index in [1.54, 1.807) is 0 Å². The SMILES string of the molecule is O=C1C=C(Oc2c(F)c(F)c(C(F)(F)F)c(F)c2F)CCC1. The molecule has 0 aliphatic heterocycles. The highest BCUT2D eigenvalue weighted by molar-refractivity contribution is 5.90. The summed E-state index contributed by atoms with van der Waals surface area (Å²) in [6.45, 7) is 0. The van der Waals surface area contributed by atoms with E-state index < -0.39 is 46.5 Å². The van der Waals surface area contributed by atoms with Crippen molar-refractivity contribution in [3.05, 3.63) is 40.7 Å². The highest BCUT2D eigenvalue weighted by atomic mass is 19.4. The molecule has 1 aromatic rings. The molecule has 0 radical (unpaired) electrons. The lowest BCUT2D eigenvalue weighted by Crippen LogP contribution is -2.17. The first-order chi connectivity index (χ1) is 10.1. The predicted octanol–water partition coefficient (Wildman–Crippen LogP) is 4.28. The molecule has 0 fully saturated rings. The lowest BCUT2D eigenvalue weighted by molar-refractivity contribution is -0.143. The lowest BCUT2D eigenvalue weighted by atomic mass is 10.1. The number of carbonyl (C=O) groups excluding carboxylic acids is 1. The van der Waals surface area contributed by atoms with E-state index in [-0.39, 0.29) is 25.0 Å². The van der Waals surface area contributed by atoms with Crippen LogP contribution in [0.5, 0.6) is 5.75 Å². The van der Waals surface area contributed by atoms with Gasteiger partial charge in [0.1, 0.15) is 11.3 Å². The number of benzene rings is 1. The summed E-state index contributed by atoms with van der Waals surface area (Å²) in [5.74, 6) is -12.2.